The van der Waals surface area contributed by atoms with E-state index in [0.29, 0.717) is 19.7 Å². The third kappa shape index (κ3) is 4.55. The minimum absolute atomic E-state index is 0.147. The fraction of sp³-hybridized carbons (Fsp3) is 0.692. The van der Waals surface area contributed by atoms with Crippen LogP contribution < -0.4 is 5.32 Å². The number of rotatable bonds is 5. The Kier molecular flexibility index (Phi) is 5.82. The molecule has 0 aromatic carbocycles. The van der Waals surface area contributed by atoms with Crippen LogP contribution in [0.2, 0.25) is 0 Å². The summed E-state index contributed by atoms with van der Waals surface area (Å²) in [4.78, 5) is 24.6. The van der Waals surface area contributed by atoms with Gasteiger partial charge in [0.05, 0.1) is 6.61 Å². The van der Waals surface area contributed by atoms with Crippen LogP contribution in [0.3, 0.4) is 0 Å². The summed E-state index contributed by atoms with van der Waals surface area (Å²) in [6, 6.07) is -1.18. The Bertz CT molecular complexity index is 366. The Morgan fingerprint density at radius 2 is 2.21 bits per heavy atom. The lowest BCUT2D eigenvalue weighted by Crippen LogP contribution is -2.51. The van der Waals surface area contributed by atoms with Gasteiger partial charge in [-0.05, 0) is 17.9 Å². The van der Waals surface area contributed by atoms with Crippen LogP contribution in [0.15, 0.2) is 11.6 Å². The van der Waals surface area contributed by atoms with Gasteiger partial charge in [-0.3, -0.25) is 0 Å². The predicted octanol–water partition coefficient (Wildman–Crippen LogP) is 1.08. The molecule has 0 aromatic rings. The van der Waals surface area contributed by atoms with Gasteiger partial charge in [0.1, 0.15) is 6.04 Å². The maximum Gasteiger partial charge on any atom is 0.326 e. The molecular formula is C13H22N2O4. The minimum atomic E-state index is -1.00. The normalized spacial score (nSPS) is 17.1. The summed E-state index contributed by atoms with van der Waals surface area (Å²) in [7, 11) is 1.64. The number of nitrogens with one attached hydrogen (secondary N) is 1. The number of carbonyl (C=O) groups excluding carboxylic acids is 1. The fourth-order valence-corrected chi connectivity index (χ4v) is 1.95. The summed E-state index contributed by atoms with van der Waals surface area (Å²) in [6.45, 7) is 5.21. The third-order valence-corrected chi connectivity index (χ3v) is 3.13. The van der Waals surface area contributed by atoms with Gasteiger partial charge >= 0.3 is 12.0 Å². The van der Waals surface area contributed by atoms with Gasteiger partial charge in [0, 0.05) is 20.2 Å². The number of amides is 2. The number of urea groups is 1. The van der Waals surface area contributed by atoms with Crippen molar-refractivity contribution in [3.05, 3.63) is 11.6 Å². The number of carbonyl (C=O) groups is 2. The molecule has 1 aliphatic heterocycles. The van der Waals surface area contributed by atoms with E-state index in [1.54, 1.807) is 25.9 Å². The van der Waals surface area contributed by atoms with E-state index < -0.39 is 12.0 Å². The number of carboxylic acid groups (broad SMARTS) is 1. The second kappa shape index (κ2) is 7.13. The van der Waals surface area contributed by atoms with E-state index in [-0.39, 0.29) is 11.9 Å². The third-order valence-electron chi connectivity index (χ3n) is 3.13. The fourth-order valence-electron chi connectivity index (χ4n) is 1.95. The summed E-state index contributed by atoms with van der Waals surface area (Å²) in [5.41, 5.74) is 1.17. The van der Waals surface area contributed by atoms with Gasteiger partial charge in [0.25, 0.3) is 0 Å². The van der Waals surface area contributed by atoms with Crippen molar-refractivity contribution in [1.82, 2.24) is 10.2 Å². The zero-order valence-corrected chi connectivity index (χ0v) is 11.7. The highest BCUT2D eigenvalue weighted by molar-refractivity contribution is 5.82. The van der Waals surface area contributed by atoms with E-state index in [9.17, 15) is 9.59 Å². The maximum atomic E-state index is 12.0. The van der Waals surface area contributed by atoms with Crippen molar-refractivity contribution in [2.45, 2.75) is 26.3 Å². The SMILES string of the molecule is COCC1=CCN(C(=O)N[C@@H](C(=O)O)C(C)C)CC1. The van der Waals surface area contributed by atoms with Crippen LogP contribution in [-0.4, -0.2) is 54.9 Å². The highest BCUT2D eigenvalue weighted by Gasteiger charge is 2.26. The second-order valence-electron chi connectivity index (χ2n) is 5.00. The van der Waals surface area contributed by atoms with Crippen molar-refractivity contribution in [3.8, 4) is 0 Å². The zero-order valence-electron chi connectivity index (χ0n) is 11.7. The number of ether oxygens (including phenoxy) is 1. The molecule has 1 atom stereocenters. The molecular weight excluding hydrogens is 248 g/mol. The summed E-state index contributed by atoms with van der Waals surface area (Å²) in [5.74, 6) is -1.15. The summed E-state index contributed by atoms with van der Waals surface area (Å²) < 4.78 is 5.04. The van der Waals surface area contributed by atoms with Gasteiger partial charge in [-0.2, -0.15) is 0 Å². The van der Waals surface area contributed by atoms with Crippen molar-refractivity contribution >= 4 is 12.0 Å². The Balaban J connectivity index is 2.53. The van der Waals surface area contributed by atoms with Crippen LogP contribution in [0.5, 0.6) is 0 Å². The van der Waals surface area contributed by atoms with Crippen LogP contribution in [-0.2, 0) is 9.53 Å². The first-order chi connectivity index (χ1) is 8.95. The highest BCUT2D eigenvalue weighted by atomic mass is 16.5. The standard InChI is InChI=1S/C13H22N2O4/c1-9(2)11(12(16)17)14-13(18)15-6-4-10(5-7-15)8-19-3/h4,9,11H,5-8H2,1-3H3,(H,14,18)(H,16,17)/t11-/m1/s1. The van der Waals surface area contributed by atoms with Gasteiger partial charge in [0.2, 0.25) is 0 Å². The molecule has 1 aliphatic rings. The molecule has 2 N–H and O–H groups in total. The smallest absolute Gasteiger partial charge is 0.326 e. The summed E-state index contributed by atoms with van der Waals surface area (Å²) in [5, 5.41) is 11.6. The lowest BCUT2D eigenvalue weighted by Gasteiger charge is -2.28. The van der Waals surface area contributed by atoms with Crippen LogP contribution in [0.25, 0.3) is 0 Å². The van der Waals surface area contributed by atoms with E-state index in [1.807, 2.05) is 6.08 Å². The summed E-state index contributed by atoms with van der Waals surface area (Å²) >= 11 is 0. The van der Waals surface area contributed by atoms with E-state index in [4.69, 9.17) is 9.84 Å². The van der Waals surface area contributed by atoms with E-state index in [1.165, 1.54) is 5.57 Å². The lowest BCUT2D eigenvalue weighted by molar-refractivity contribution is -0.140. The molecule has 108 valence electrons. The average Bonchev–Trinajstić information content (AvgIpc) is 2.36. The van der Waals surface area contributed by atoms with Gasteiger partial charge in [-0.1, -0.05) is 19.9 Å². The van der Waals surface area contributed by atoms with Gasteiger partial charge < -0.3 is 20.1 Å². The first-order valence-corrected chi connectivity index (χ1v) is 6.40. The number of methoxy groups -OCH3 is 1. The molecule has 0 bridgehead atoms. The Hall–Kier alpha value is -1.56. The zero-order chi connectivity index (χ0) is 14.4. The van der Waals surface area contributed by atoms with Crippen molar-refractivity contribution in [1.29, 1.82) is 0 Å². The molecule has 0 saturated carbocycles. The second-order valence-corrected chi connectivity index (χ2v) is 5.00. The van der Waals surface area contributed by atoms with Crippen LogP contribution in [0.4, 0.5) is 4.79 Å². The Morgan fingerprint density at radius 3 is 2.63 bits per heavy atom. The van der Waals surface area contributed by atoms with E-state index >= 15 is 0 Å². The first kappa shape index (κ1) is 15.5. The number of hydrogen-bond acceptors (Lipinski definition) is 3. The van der Waals surface area contributed by atoms with Crippen molar-refractivity contribution in [2.24, 2.45) is 5.92 Å². The number of aliphatic carboxylic acids is 1. The quantitative estimate of drug-likeness (QED) is 0.733. The first-order valence-electron chi connectivity index (χ1n) is 6.40. The van der Waals surface area contributed by atoms with Gasteiger partial charge in [-0.25, -0.2) is 9.59 Å². The van der Waals surface area contributed by atoms with Crippen molar-refractivity contribution < 1.29 is 19.4 Å². The molecule has 0 fully saturated rings. The monoisotopic (exact) mass is 270 g/mol. The van der Waals surface area contributed by atoms with Crippen LogP contribution >= 0.6 is 0 Å². The lowest BCUT2D eigenvalue weighted by atomic mass is 10.1. The topological polar surface area (TPSA) is 78.9 Å². The Morgan fingerprint density at radius 1 is 1.53 bits per heavy atom. The molecule has 19 heavy (non-hydrogen) atoms. The molecule has 0 spiro atoms. The summed E-state index contributed by atoms with van der Waals surface area (Å²) in [6.07, 6.45) is 2.72. The van der Waals surface area contributed by atoms with Crippen LogP contribution in [0.1, 0.15) is 20.3 Å². The molecule has 6 nitrogen and oxygen atoms in total. The largest absolute Gasteiger partial charge is 0.480 e. The molecule has 6 heteroatoms. The number of nitrogens with zero attached hydrogens (tertiary/aromatic N) is 1. The van der Waals surface area contributed by atoms with Crippen molar-refractivity contribution in [3.63, 3.8) is 0 Å². The van der Waals surface area contributed by atoms with Crippen molar-refractivity contribution in [2.75, 3.05) is 26.8 Å². The highest BCUT2D eigenvalue weighted by Crippen LogP contribution is 2.11. The van der Waals surface area contributed by atoms with E-state index in [0.717, 1.165) is 6.42 Å². The molecule has 2 amide bonds. The van der Waals surface area contributed by atoms with Gasteiger partial charge in [0.15, 0.2) is 0 Å². The number of hydrogen-bond donors (Lipinski definition) is 2. The molecule has 1 heterocycles. The molecule has 0 aromatic heterocycles. The van der Waals surface area contributed by atoms with Gasteiger partial charge in [-0.15, -0.1) is 0 Å². The average molecular weight is 270 g/mol. The minimum Gasteiger partial charge on any atom is -0.480 e. The molecule has 0 unspecified atom stereocenters. The van der Waals surface area contributed by atoms with Crippen LogP contribution in [0, 0.1) is 5.92 Å². The molecule has 1 rings (SSSR count). The Labute approximate surface area is 113 Å². The maximum absolute atomic E-state index is 12.0. The molecule has 0 radical (unpaired) electrons. The van der Waals surface area contributed by atoms with E-state index in [2.05, 4.69) is 5.32 Å². The molecule has 0 saturated heterocycles. The molecule has 0 aliphatic carbocycles. The predicted molar refractivity (Wildman–Crippen MR) is 70.9 cm³/mol. The number of carboxylic acids is 1.